The van der Waals surface area contributed by atoms with Gasteiger partial charge in [0.25, 0.3) is 5.91 Å². The van der Waals surface area contributed by atoms with Crippen LogP contribution in [0.5, 0.6) is 0 Å². The Morgan fingerprint density at radius 1 is 1.10 bits per heavy atom. The van der Waals surface area contributed by atoms with Gasteiger partial charge in [-0.3, -0.25) is 9.78 Å². The summed E-state index contributed by atoms with van der Waals surface area (Å²) in [6, 6.07) is 14.5. The van der Waals surface area contributed by atoms with Gasteiger partial charge in [-0.2, -0.15) is 0 Å². The van der Waals surface area contributed by atoms with Gasteiger partial charge in [-0.05, 0) is 52.3 Å². The summed E-state index contributed by atoms with van der Waals surface area (Å²) in [6.45, 7) is 0. The van der Waals surface area contributed by atoms with Crippen molar-refractivity contribution in [2.75, 3.05) is 5.32 Å². The fourth-order valence-electron chi connectivity index (χ4n) is 2.07. The monoisotopic (exact) mass is 360 g/mol. The largest absolute Gasteiger partial charge is 0.320 e. The number of fused-ring (bicyclic) bond motifs is 1. The lowest BCUT2D eigenvalue weighted by atomic mass is 10.1. The predicted molar refractivity (Wildman–Crippen MR) is 88.8 cm³/mol. The van der Waals surface area contributed by atoms with Gasteiger partial charge in [-0.15, -0.1) is 0 Å². The highest BCUT2D eigenvalue weighted by Crippen LogP contribution is 2.28. The number of hydrogen-bond acceptors (Lipinski definition) is 2. The molecule has 2 aromatic carbocycles. The van der Waals surface area contributed by atoms with Gasteiger partial charge < -0.3 is 5.32 Å². The molecular weight excluding hydrogens is 352 g/mol. The van der Waals surface area contributed by atoms with Gasteiger partial charge in [0.15, 0.2) is 0 Å². The van der Waals surface area contributed by atoms with E-state index in [0.717, 1.165) is 9.86 Å². The van der Waals surface area contributed by atoms with Crippen molar-refractivity contribution in [3.05, 3.63) is 69.8 Å². The molecule has 3 nitrogen and oxygen atoms in total. The standard InChI is InChI=1S/C16H10BrClN2O/c17-12-6-2-1-4-10(12)16(21)20-14-8-7-13(18)11-5-3-9-19-15(11)14/h1-9H,(H,20,21). The average Bonchev–Trinajstić information content (AvgIpc) is 2.51. The Balaban J connectivity index is 2.01. The molecule has 0 radical (unpaired) electrons. The zero-order valence-corrected chi connectivity index (χ0v) is 13.1. The van der Waals surface area contributed by atoms with E-state index in [1.807, 2.05) is 30.3 Å². The van der Waals surface area contributed by atoms with E-state index in [0.29, 0.717) is 21.8 Å². The molecule has 1 amide bonds. The number of amides is 1. The number of pyridine rings is 1. The van der Waals surface area contributed by atoms with E-state index in [1.54, 1.807) is 24.4 Å². The van der Waals surface area contributed by atoms with E-state index in [-0.39, 0.29) is 5.91 Å². The maximum absolute atomic E-state index is 12.4. The lowest BCUT2D eigenvalue weighted by molar-refractivity contribution is 0.102. The first kappa shape index (κ1) is 14.0. The quantitative estimate of drug-likeness (QED) is 0.705. The van der Waals surface area contributed by atoms with Gasteiger partial charge in [0.05, 0.1) is 21.8 Å². The Bertz CT molecular complexity index is 835. The Morgan fingerprint density at radius 3 is 2.71 bits per heavy atom. The second kappa shape index (κ2) is 5.84. The maximum atomic E-state index is 12.4. The first-order valence-electron chi connectivity index (χ1n) is 6.26. The molecule has 21 heavy (non-hydrogen) atoms. The predicted octanol–water partition coefficient (Wildman–Crippen LogP) is 4.90. The van der Waals surface area contributed by atoms with Gasteiger partial charge in [0.2, 0.25) is 0 Å². The summed E-state index contributed by atoms with van der Waals surface area (Å²) in [5, 5.41) is 4.30. The summed E-state index contributed by atoms with van der Waals surface area (Å²) >= 11 is 9.52. The van der Waals surface area contributed by atoms with Crippen LogP contribution in [-0.4, -0.2) is 10.9 Å². The van der Waals surface area contributed by atoms with Crippen molar-refractivity contribution in [3.63, 3.8) is 0 Å². The summed E-state index contributed by atoms with van der Waals surface area (Å²) in [5.41, 5.74) is 1.87. The van der Waals surface area contributed by atoms with Crippen LogP contribution >= 0.6 is 27.5 Å². The number of carbonyl (C=O) groups is 1. The van der Waals surface area contributed by atoms with E-state index < -0.39 is 0 Å². The van der Waals surface area contributed by atoms with Gasteiger partial charge in [-0.1, -0.05) is 23.7 Å². The SMILES string of the molecule is O=C(Nc1ccc(Cl)c2cccnc12)c1ccccc1Br. The van der Waals surface area contributed by atoms with E-state index in [1.165, 1.54) is 0 Å². The lowest BCUT2D eigenvalue weighted by Gasteiger charge is -2.10. The van der Waals surface area contributed by atoms with E-state index in [9.17, 15) is 4.79 Å². The van der Waals surface area contributed by atoms with Crippen LogP contribution in [0.2, 0.25) is 5.02 Å². The Hall–Kier alpha value is -1.91. The fraction of sp³-hybridized carbons (Fsp3) is 0. The molecule has 3 aromatic rings. The zero-order chi connectivity index (χ0) is 14.8. The highest BCUT2D eigenvalue weighted by atomic mass is 79.9. The molecule has 0 fully saturated rings. The molecule has 0 aliphatic rings. The first-order valence-corrected chi connectivity index (χ1v) is 7.43. The highest BCUT2D eigenvalue weighted by molar-refractivity contribution is 9.10. The number of nitrogens with one attached hydrogen (secondary N) is 1. The van der Waals surface area contributed by atoms with Gasteiger partial charge >= 0.3 is 0 Å². The number of aromatic nitrogens is 1. The maximum Gasteiger partial charge on any atom is 0.256 e. The van der Waals surface area contributed by atoms with Crippen LogP contribution in [0.3, 0.4) is 0 Å². The van der Waals surface area contributed by atoms with Gasteiger partial charge in [0, 0.05) is 16.1 Å². The molecule has 0 aliphatic heterocycles. The minimum atomic E-state index is -0.197. The molecule has 0 atom stereocenters. The van der Waals surface area contributed by atoms with E-state index in [2.05, 4.69) is 26.2 Å². The molecule has 0 saturated carbocycles. The summed E-state index contributed by atoms with van der Waals surface area (Å²) < 4.78 is 0.744. The van der Waals surface area contributed by atoms with Crippen molar-refractivity contribution >= 4 is 50.0 Å². The number of anilines is 1. The molecule has 5 heteroatoms. The van der Waals surface area contributed by atoms with Gasteiger partial charge in [0.1, 0.15) is 0 Å². The van der Waals surface area contributed by atoms with E-state index >= 15 is 0 Å². The zero-order valence-electron chi connectivity index (χ0n) is 10.8. The lowest BCUT2D eigenvalue weighted by Crippen LogP contribution is -2.13. The van der Waals surface area contributed by atoms with Crippen molar-refractivity contribution in [2.45, 2.75) is 0 Å². The number of rotatable bonds is 2. The van der Waals surface area contributed by atoms with Crippen LogP contribution in [0, 0.1) is 0 Å². The summed E-state index contributed by atoms with van der Waals surface area (Å²) in [7, 11) is 0. The van der Waals surface area contributed by atoms with Crippen LogP contribution < -0.4 is 5.32 Å². The van der Waals surface area contributed by atoms with Crippen LogP contribution in [0.4, 0.5) is 5.69 Å². The van der Waals surface area contributed by atoms with Crippen LogP contribution in [-0.2, 0) is 0 Å². The third-order valence-electron chi connectivity index (χ3n) is 3.08. The molecule has 0 bridgehead atoms. The topological polar surface area (TPSA) is 42.0 Å². The van der Waals surface area contributed by atoms with Crippen LogP contribution in [0.15, 0.2) is 59.2 Å². The molecule has 0 saturated heterocycles. The van der Waals surface area contributed by atoms with Crippen molar-refractivity contribution in [1.82, 2.24) is 4.98 Å². The molecule has 1 N–H and O–H groups in total. The number of nitrogens with zero attached hydrogens (tertiary/aromatic N) is 1. The smallest absolute Gasteiger partial charge is 0.256 e. The Labute approximate surface area is 135 Å². The summed E-state index contributed by atoms with van der Waals surface area (Å²) in [5.74, 6) is -0.197. The van der Waals surface area contributed by atoms with Crippen molar-refractivity contribution in [1.29, 1.82) is 0 Å². The van der Waals surface area contributed by atoms with Crippen LogP contribution in [0.25, 0.3) is 10.9 Å². The average molecular weight is 362 g/mol. The Morgan fingerprint density at radius 2 is 1.90 bits per heavy atom. The molecule has 0 aliphatic carbocycles. The molecule has 104 valence electrons. The molecule has 1 heterocycles. The minimum absolute atomic E-state index is 0.197. The first-order chi connectivity index (χ1) is 10.2. The normalized spacial score (nSPS) is 10.6. The van der Waals surface area contributed by atoms with Crippen LogP contribution in [0.1, 0.15) is 10.4 Å². The van der Waals surface area contributed by atoms with Crippen molar-refractivity contribution in [3.8, 4) is 0 Å². The number of halogens is 2. The third kappa shape index (κ3) is 2.77. The van der Waals surface area contributed by atoms with Crippen molar-refractivity contribution < 1.29 is 4.79 Å². The van der Waals surface area contributed by atoms with Crippen molar-refractivity contribution in [2.24, 2.45) is 0 Å². The van der Waals surface area contributed by atoms with Gasteiger partial charge in [-0.25, -0.2) is 0 Å². The molecule has 1 aromatic heterocycles. The molecule has 3 rings (SSSR count). The molecule has 0 spiro atoms. The molecular formula is C16H10BrClN2O. The Kier molecular flexibility index (Phi) is 3.90. The number of carbonyl (C=O) groups excluding carboxylic acids is 1. The minimum Gasteiger partial charge on any atom is -0.320 e. The molecule has 0 unspecified atom stereocenters. The van der Waals surface area contributed by atoms with E-state index in [4.69, 9.17) is 11.6 Å². The number of benzene rings is 2. The number of hydrogen-bond donors (Lipinski definition) is 1. The fourth-order valence-corrected chi connectivity index (χ4v) is 2.75. The second-order valence-corrected chi connectivity index (χ2v) is 5.69. The second-order valence-electron chi connectivity index (χ2n) is 4.43. The highest BCUT2D eigenvalue weighted by Gasteiger charge is 2.12. The third-order valence-corrected chi connectivity index (χ3v) is 4.10. The summed E-state index contributed by atoms with van der Waals surface area (Å²) in [6.07, 6.45) is 1.67. The summed E-state index contributed by atoms with van der Waals surface area (Å²) in [4.78, 5) is 16.7.